The summed E-state index contributed by atoms with van der Waals surface area (Å²) >= 11 is 0. The minimum absolute atomic E-state index is 0.242. The van der Waals surface area contributed by atoms with Gasteiger partial charge in [-0.1, -0.05) is 6.07 Å². The molecule has 0 aliphatic heterocycles. The molecule has 0 atom stereocenters. The topological polar surface area (TPSA) is 113 Å². The summed E-state index contributed by atoms with van der Waals surface area (Å²) in [7, 11) is 0. The summed E-state index contributed by atoms with van der Waals surface area (Å²) in [5, 5.41) is 9.73. The number of H-pyrrole nitrogens is 2. The van der Waals surface area contributed by atoms with Crippen LogP contribution < -0.4 is 10.9 Å². The minimum Gasteiger partial charge on any atom is -0.450 e. The van der Waals surface area contributed by atoms with Crippen molar-refractivity contribution in [2.75, 3.05) is 11.9 Å². The van der Waals surface area contributed by atoms with Crippen LogP contribution in [-0.2, 0) is 4.74 Å². The van der Waals surface area contributed by atoms with E-state index in [-0.39, 0.29) is 12.6 Å². The smallest absolute Gasteiger partial charge is 0.413 e. The van der Waals surface area contributed by atoms with Crippen LogP contribution in [0.1, 0.15) is 6.92 Å². The van der Waals surface area contributed by atoms with Crippen molar-refractivity contribution in [3.05, 3.63) is 52.6 Å². The van der Waals surface area contributed by atoms with Crippen molar-refractivity contribution in [2.45, 2.75) is 6.92 Å². The SMILES string of the molecule is CCOC(=O)Nc1nc2cc(-c3n[nH]c(=O)c4ccc(F)cc34)ccc2[nH]1. The lowest BCUT2D eigenvalue weighted by Gasteiger charge is -2.05. The number of imidazole rings is 1. The van der Waals surface area contributed by atoms with E-state index in [0.29, 0.717) is 33.1 Å². The first-order valence-electron chi connectivity index (χ1n) is 8.17. The number of hydrogen-bond acceptors (Lipinski definition) is 5. The number of fused-ring (bicyclic) bond motifs is 2. The molecule has 136 valence electrons. The Balaban J connectivity index is 1.80. The summed E-state index contributed by atoms with van der Waals surface area (Å²) in [5.41, 5.74) is 1.93. The van der Waals surface area contributed by atoms with E-state index < -0.39 is 17.5 Å². The van der Waals surface area contributed by atoms with E-state index in [4.69, 9.17) is 4.74 Å². The lowest BCUT2D eigenvalue weighted by molar-refractivity contribution is 0.167. The van der Waals surface area contributed by atoms with Crippen molar-refractivity contribution in [3.8, 4) is 11.3 Å². The maximum Gasteiger partial charge on any atom is 0.413 e. The zero-order valence-electron chi connectivity index (χ0n) is 14.2. The fraction of sp³-hybridized carbons (Fsp3) is 0.111. The molecule has 4 rings (SSSR count). The average Bonchev–Trinajstić information content (AvgIpc) is 3.03. The van der Waals surface area contributed by atoms with Crippen LogP contribution in [0.3, 0.4) is 0 Å². The van der Waals surface area contributed by atoms with Crippen molar-refractivity contribution < 1.29 is 13.9 Å². The second-order valence-electron chi connectivity index (χ2n) is 5.75. The van der Waals surface area contributed by atoms with Gasteiger partial charge in [-0.15, -0.1) is 0 Å². The van der Waals surface area contributed by atoms with Crippen LogP contribution in [0.4, 0.5) is 15.1 Å². The van der Waals surface area contributed by atoms with Gasteiger partial charge in [0.25, 0.3) is 5.56 Å². The number of nitrogens with one attached hydrogen (secondary N) is 3. The Labute approximate surface area is 151 Å². The molecule has 2 heterocycles. The molecular formula is C18H14FN5O3. The summed E-state index contributed by atoms with van der Waals surface area (Å²) in [6.45, 7) is 1.95. The predicted octanol–water partition coefficient (Wildman–Crippen LogP) is 3.17. The molecule has 0 bridgehead atoms. The molecule has 2 aromatic carbocycles. The molecule has 0 radical (unpaired) electrons. The molecule has 0 unspecified atom stereocenters. The van der Waals surface area contributed by atoms with E-state index in [1.807, 2.05) is 0 Å². The van der Waals surface area contributed by atoms with Crippen molar-refractivity contribution in [1.82, 2.24) is 20.2 Å². The maximum atomic E-state index is 13.7. The van der Waals surface area contributed by atoms with Crippen molar-refractivity contribution in [1.29, 1.82) is 0 Å². The standard InChI is InChI=1S/C18H14FN5O3/c1-2-27-18(26)22-17-20-13-6-3-9(7-14(13)21-17)15-12-8-10(19)4-5-11(12)16(25)24-23-15/h3-8H,2H2,1H3,(H,24,25)(H2,20,21,22,26). The molecular weight excluding hydrogens is 353 g/mol. The number of amides is 1. The molecule has 9 heteroatoms. The normalized spacial score (nSPS) is 11.0. The third-order valence-electron chi connectivity index (χ3n) is 4.00. The van der Waals surface area contributed by atoms with Gasteiger partial charge in [0.15, 0.2) is 0 Å². The number of carbonyl (C=O) groups is 1. The van der Waals surface area contributed by atoms with Crippen molar-refractivity contribution in [3.63, 3.8) is 0 Å². The van der Waals surface area contributed by atoms with Gasteiger partial charge in [-0.2, -0.15) is 5.10 Å². The number of aromatic nitrogens is 4. The number of carbonyl (C=O) groups excluding carboxylic acids is 1. The molecule has 0 aliphatic rings. The van der Waals surface area contributed by atoms with Gasteiger partial charge in [0.05, 0.1) is 28.7 Å². The van der Waals surface area contributed by atoms with E-state index in [1.54, 1.807) is 25.1 Å². The fourth-order valence-electron chi connectivity index (χ4n) is 2.83. The van der Waals surface area contributed by atoms with E-state index in [1.165, 1.54) is 18.2 Å². The quantitative estimate of drug-likeness (QED) is 0.515. The highest BCUT2D eigenvalue weighted by molar-refractivity contribution is 5.96. The van der Waals surface area contributed by atoms with Crippen molar-refractivity contribution in [2.24, 2.45) is 0 Å². The molecule has 2 aromatic heterocycles. The van der Waals surface area contributed by atoms with Crippen LogP contribution in [0, 0.1) is 5.82 Å². The lowest BCUT2D eigenvalue weighted by Crippen LogP contribution is -2.14. The summed E-state index contributed by atoms with van der Waals surface area (Å²) in [4.78, 5) is 30.7. The van der Waals surface area contributed by atoms with E-state index >= 15 is 0 Å². The van der Waals surface area contributed by atoms with Gasteiger partial charge in [-0.05, 0) is 37.3 Å². The minimum atomic E-state index is -0.611. The molecule has 4 aromatic rings. The summed E-state index contributed by atoms with van der Waals surface area (Å²) in [6.07, 6.45) is -0.611. The third-order valence-corrected chi connectivity index (χ3v) is 4.00. The molecule has 0 saturated heterocycles. The van der Waals surface area contributed by atoms with Crippen LogP contribution in [-0.4, -0.2) is 32.9 Å². The highest BCUT2D eigenvalue weighted by Gasteiger charge is 2.12. The molecule has 27 heavy (non-hydrogen) atoms. The predicted molar refractivity (Wildman–Crippen MR) is 98.1 cm³/mol. The molecule has 0 spiro atoms. The van der Waals surface area contributed by atoms with Gasteiger partial charge in [0, 0.05) is 10.9 Å². The Hall–Kier alpha value is -3.75. The number of ether oxygens (including phenoxy) is 1. The van der Waals surface area contributed by atoms with Crippen LogP contribution >= 0.6 is 0 Å². The number of hydrogen-bond donors (Lipinski definition) is 3. The number of halogens is 1. The first-order valence-corrected chi connectivity index (χ1v) is 8.17. The Bertz CT molecular complexity index is 1230. The molecule has 3 N–H and O–H groups in total. The van der Waals surface area contributed by atoms with Gasteiger partial charge in [-0.25, -0.2) is 19.3 Å². The van der Waals surface area contributed by atoms with Crippen LogP contribution in [0.15, 0.2) is 41.2 Å². The fourth-order valence-corrected chi connectivity index (χ4v) is 2.83. The van der Waals surface area contributed by atoms with E-state index in [2.05, 4.69) is 25.5 Å². The Kier molecular flexibility index (Phi) is 4.03. The molecule has 0 saturated carbocycles. The number of nitrogens with zero attached hydrogens (tertiary/aromatic N) is 2. The highest BCUT2D eigenvalue weighted by atomic mass is 19.1. The molecule has 8 nitrogen and oxygen atoms in total. The Morgan fingerprint density at radius 1 is 1.22 bits per heavy atom. The van der Waals surface area contributed by atoms with Crippen LogP contribution in [0.25, 0.3) is 33.1 Å². The monoisotopic (exact) mass is 367 g/mol. The van der Waals surface area contributed by atoms with Gasteiger partial charge in [-0.3, -0.25) is 10.1 Å². The van der Waals surface area contributed by atoms with E-state index in [0.717, 1.165) is 0 Å². The lowest BCUT2D eigenvalue weighted by atomic mass is 10.0. The number of aromatic amines is 2. The highest BCUT2D eigenvalue weighted by Crippen LogP contribution is 2.27. The Morgan fingerprint density at radius 2 is 2.07 bits per heavy atom. The first kappa shape index (κ1) is 16.7. The number of anilines is 1. The molecule has 1 amide bonds. The first-order chi connectivity index (χ1) is 13.0. The number of rotatable bonds is 3. The third kappa shape index (κ3) is 3.10. The molecule has 0 aliphatic carbocycles. The second-order valence-corrected chi connectivity index (χ2v) is 5.75. The summed E-state index contributed by atoms with van der Waals surface area (Å²) in [6, 6.07) is 9.17. The van der Waals surface area contributed by atoms with Gasteiger partial charge >= 0.3 is 6.09 Å². The van der Waals surface area contributed by atoms with Crippen molar-refractivity contribution >= 4 is 33.8 Å². The van der Waals surface area contributed by atoms with E-state index in [9.17, 15) is 14.0 Å². The number of benzene rings is 2. The van der Waals surface area contributed by atoms with Gasteiger partial charge in [0.1, 0.15) is 5.82 Å². The summed E-state index contributed by atoms with van der Waals surface area (Å²) < 4.78 is 18.5. The maximum absolute atomic E-state index is 13.7. The second kappa shape index (κ2) is 6.52. The summed E-state index contributed by atoms with van der Waals surface area (Å²) in [5.74, 6) is -0.219. The van der Waals surface area contributed by atoms with Crippen LogP contribution in [0.5, 0.6) is 0 Å². The Morgan fingerprint density at radius 3 is 2.89 bits per heavy atom. The zero-order valence-corrected chi connectivity index (χ0v) is 14.2. The van der Waals surface area contributed by atoms with Gasteiger partial charge in [0.2, 0.25) is 5.95 Å². The molecule has 0 fully saturated rings. The zero-order chi connectivity index (χ0) is 19.0. The largest absolute Gasteiger partial charge is 0.450 e. The van der Waals surface area contributed by atoms with Crippen LogP contribution in [0.2, 0.25) is 0 Å². The average molecular weight is 367 g/mol. The van der Waals surface area contributed by atoms with Gasteiger partial charge < -0.3 is 9.72 Å².